The van der Waals surface area contributed by atoms with Gasteiger partial charge in [-0.1, -0.05) is 42.5 Å². The number of carbonyl (C=O) groups is 2. The highest BCUT2D eigenvalue weighted by Gasteiger charge is 2.53. The molecule has 0 radical (unpaired) electrons. The second-order valence-electron chi connectivity index (χ2n) is 7.44. The summed E-state index contributed by atoms with van der Waals surface area (Å²) in [5.41, 5.74) is 2.54. The number of nitrogens with one attached hydrogen (secondary N) is 2. The van der Waals surface area contributed by atoms with Crippen molar-refractivity contribution < 1.29 is 14.3 Å². The van der Waals surface area contributed by atoms with E-state index in [0.29, 0.717) is 6.42 Å². The molecule has 146 valence electrons. The van der Waals surface area contributed by atoms with Crippen molar-refractivity contribution in [1.82, 2.24) is 10.6 Å². The number of carbonyl (C=O) groups excluding carboxylic acids is 2. The second-order valence-corrected chi connectivity index (χ2v) is 7.71. The fourth-order valence-electron chi connectivity index (χ4n) is 4.21. The molecule has 0 heterocycles. The number of benzene rings is 2. The fraction of sp³-hybridized carbons (Fsp3) is 0.364. The first-order chi connectivity index (χ1) is 13.6. The fourth-order valence-corrected chi connectivity index (χ4v) is 4.29. The molecule has 0 unspecified atom stereocenters. The summed E-state index contributed by atoms with van der Waals surface area (Å²) in [7, 11) is 1.62. The lowest BCUT2D eigenvalue weighted by Gasteiger charge is -2.26. The smallest absolute Gasteiger partial charge is 0.235 e. The minimum absolute atomic E-state index is 0.0140. The number of halogens is 1. The summed E-state index contributed by atoms with van der Waals surface area (Å²) in [5, 5.41) is 6.17. The largest absolute Gasteiger partial charge is 0.496 e. The highest BCUT2D eigenvalue weighted by atomic mass is 35.5. The lowest BCUT2D eigenvalue weighted by molar-refractivity contribution is -0.125. The maximum absolute atomic E-state index is 13.3. The zero-order valence-corrected chi connectivity index (χ0v) is 16.5. The summed E-state index contributed by atoms with van der Waals surface area (Å²) in [6.45, 7) is 0. The molecule has 0 saturated heterocycles. The third-order valence-electron chi connectivity index (χ3n) is 5.79. The molecule has 2 aliphatic rings. The Kier molecular flexibility index (Phi) is 5.02. The Bertz CT molecular complexity index is 910. The molecular formula is C22H23ClN2O3. The molecular weight excluding hydrogens is 376 g/mol. The molecule has 2 N–H and O–H groups in total. The molecule has 2 aromatic rings. The van der Waals surface area contributed by atoms with Crippen molar-refractivity contribution in [1.29, 1.82) is 0 Å². The van der Waals surface area contributed by atoms with Crippen LogP contribution < -0.4 is 15.4 Å². The van der Waals surface area contributed by atoms with Gasteiger partial charge in [0, 0.05) is 5.56 Å². The van der Waals surface area contributed by atoms with Crippen molar-refractivity contribution in [3.63, 3.8) is 0 Å². The predicted octanol–water partition coefficient (Wildman–Crippen LogP) is 2.86. The lowest BCUT2D eigenvalue weighted by atomic mass is 9.93. The van der Waals surface area contributed by atoms with Crippen LogP contribution in [0.2, 0.25) is 0 Å². The number of alkyl halides is 1. The number of fused-ring (bicyclic) bond motifs is 1. The van der Waals surface area contributed by atoms with E-state index in [4.69, 9.17) is 16.3 Å². The SMILES string of the molecule is COc1ccccc1C1(C(=O)N[C@@H]2Cc3ccccc3[C@H]2NC(=O)CCl)CC1. The topological polar surface area (TPSA) is 67.4 Å². The number of rotatable bonds is 6. The summed E-state index contributed by atoms with van der Waals surface area (Å²) >= 11 is 5.69. The van der Waals surface area contributed by atoms with E-state index in [1.165, 1.54) is 0 Å². The van der Waals surface area contributed by atoms with E-state index in [0.717, 1.165) is 35.3 Å². The van der Waals surface area contributed by atoms with E-state index in [2.05, 4.69) is 10.6 Å². The molecule has 6 heteroatoms. The highest BCUT2D eigenvalue weighted by molar-refractivity contribution is 6.27. The van der Waals surface area contributed by atoms with Crippen LogP contribution in [0.3, 0.4) is 0 Å². The Morgan fingerprint density at radius 3 is 2.54 bits per heavy atom. The van der Waals surface area contributed by atoms with Gasteiger partial charge in [-0.05, 0) is 36.5 Å². The second kappa shape index (κ2) is 7.47. The van der Waals surface area contributed by atoms with Gasteiger partial charge in [-0.3, -0.25) is 9.59 Å². The molecule has 1 saturated carbocycles. The number of ether oxygens (including phenoxy) is 1. The number of amides is 2. The normalized spacial score (nSPS) is 21.5. The Hall–Kier alpha value is -2.53. The van der Waals surface area contributed by atoms with Gasteiger partial charge in [0.15, 0.2) is 0 Å². The molecule has 0 spiro atoms. The average Bonchev–Trinajstić information content (AvgIpc) is 3.47. The van der Waals surface area contributed by atoms with E-state index in [9.17, 15) is 9.59 Å². The summed E-state index contributed by atoms with van der Waals surface area (Å²) in [4.78, 5) is 25.2. The summed E-state index contributed by atoms with van der Waals surface area (Å²) < 4.78 is 5.48. The molecule has 0 aliphatic heterocycles. The van der Waals surface area contributed by atoms with Gasteiger partial charge in [-0.25, -0.2) is 0 Å². The number of hydrogen-bond donors (Lipinski definition) is 2. The van der Waals surface area contributed by atoms with Crippen molar-refractivity contribution in [2.75, 3.05) is 13.0 Å². The molecule has 2 amide bonds. The average molecular weight is 399 g/mol. The molecule has 2 atom stereocenters. The minimum Gasteiger partial charge on any atom is -0.496 e. The molecule has 0 aromatic heterocycles. The van der Waals surface area contributed by atoms with Crippen LogP contribution >= 0.6 is 11.6 Å². The summed E-state index contributed by atoms with van der Waals surface area (Å²) in [5.74, 6) is 0.370. The van der Waals surface area contributed by atoms with Crippen molar-refractivity contribution in [2.24, 2.45) is 0 Å². The zero-order valence-electron chi connectivity index (χ0n) is 15.7. The van der Waals surface area contributed by atoms with Gasteiger partial charge in [0.2, 0.25) is 11.8 Å². The maximum Gasteiger partial charge on any atom is 0.235 e. The van der Waals surface area contributed by atoms with Gasteiger partial charge in [0.05, 0.1) is 24.6 Å². The monoisotopic (exact) mass is 398 g/mol. The van der Waals surface area contributed by atoms with Crippen LogP contribution in [0.1, 0.15) is 35.6 Å². The van der Waals surface area contributed by atoms with Crippen LogP contribution in [0.25, 0.3) is 0 Å². The Balaban J connectivity index is 1.58. The van der Waals surface area contributed by atoms with Crippen LogP contribution in [-0.2, 0) is 21.4 Å². The van der Waals surface area contributed by atoms with E-state index in [1.807, 2.05) is 48.5 Å². The van der Waals surface area contributed by atoms with E-state index < -0.39 is 5.41 Å². The van der Waals surface area contributed by atoms with Crippen LogP contribution in [-0.4, -0.2) is 30.8 Å². The number of para-hydroxylation sites is 1. The molecule has 5 nitrogen and oxygen atoms in total. The van der Waals surface area contributed by atoms with Crippen molar-refractivity contribution >= 4 is 23.4 Å². The van der Waals surface area contributed by atoms with Gasteiger partial charge >= 0.3 is 0 Å². The van der Waals surface area contributed by atoms with Crippen molar-refractivity contribution in [3.8, 4) is 5.75 Å². The lowest BCUT2D eigenvalue weighted by Crippen LogP contribution is -2.48. The van der Waals surface area contributed by atoms with Crippen LogP contribution in [0, 0.1) is 0 Å². The van der Waals surface area contributed by atoms with Gasteiger partial charge in [-0.2, -0.15) is 0 Å². The van der Waals surface area contributed by atoms with Crippen LogP contribution in [0.4, 0.5) is 0 Å². The van der Waals surface area contributed by atoms with E-state index in [-0.39, 0.29) is 29.8 Å². The molecule has 2 aromatic carbocycles. The summed E-state index contributed by atoms with van der Waals surface area (Å²) in [6, 6.07) is 15.1. The van der Waals surface area contributed by atoms with Gasteiger partial charge < -0.3 is 15.4 Å². The Labute approximate surface area is 169 Å². The third-order valence-corrected chi connectivity index (χ3v) is 6.04. The van der Waals surface area contributed by atoms with Crippen molar-refractivity contribution in [2.45, 2.75) is 36.8 Å². The quantitative estimate of drug-likeness (QED) is 0.735. The molecule has 4 rings (SSSR count). The van der Waals surface area contributed by atoms with E-state index in [1.54, 1.807) is 7.11 Å². The predicted molar refractivity (Wildman–Crippen MR) is 108 cm³/mol. The number of methoxy groups -OCH3 is 1. The highest BCUT2D eigenvalue weighted by Crippen LogP contribution is 2.51. The first-order valence-corrected chi connectivity index (χ1v) is 10.00. The van der Waals surface area contributed by atoms with Crippen LogP contribution in [0.5, 0.6) is 5.75 Å². The molecule has 0 bridgehead atoms. The summed E-state index contributed by atoms with van der Waals surface area (Å²) in [6.07, 6.45) is 2.26. The van der Waals surface area contributed by atoms with Crippen molar-refractivity contribution in [3.05, 3.63) is 65.2 Å². The Morgan fingerprint density at radius 2 is 1.82 bits per heavy atom. The van der Waals surface area contributed by atoms with Gasteiger partial charge in [0.25, 0.3) is 0 Å². The molecule has 1 fully saturated rings. The standard InChI is InChI=1S/C22H23ClN2O3/c1-28-18-9-5-4-8-16(18)22(10-11-22)21(27)24-17-12-14-6-2-3-7-15(14)20(17)25-19(26)13-23/h2-9,17,20H,10-13H2,1H3,(H,24,27)(H,25,26)/t17-,20-/m1/s1. The minimum atomic E-state index is -0.553. The molecule has 2 aliphatic carbocycles. The Morgan fingerprint density at radius 1 is 1.11 bits per heavy atom. The first kappa shape index (κ1) is 18.8. The molecule has 28 heavy (non-hydrogen) atoms. The third kappa shape index (κ3) is 3.24. The van der Waals surface area contributed by atoms with Gasteiger partial charge in [-0.15, -0.1) is 11.6 Å². The van der Waals surface area contributed by atoms with Crippen LogP contribution in [0.15, 0.2) is 48.5 Å². The number of hydrogen-bond acceptors (Lipinski definition) is 3. The zero-order chi connectivity index (χ0) is 19.7. The maximum atomic E-state index is 13.3. The van der Waals surface area contributed by atoms with Gasteiger partial charge in [0.1, 0.15) is 11.6 Å². The first-order valence-electron chi connectivity index (χ1n) is 9.46. The van der Waals surface area contributed by atoms with E-state index >= 15 is 0 Å².